The molecule has 1 spiro atoms. The number of rotatable bonds is 4. The molecule has 0 saturated carbocycles. The molecule has 0 aromatic heterocycles. The summed E-state index contributed by atoms with van der Waals surface area (Å²) in [6, 6.07) is 11.8. The lowest BCUT2D eigenvalue weighted by atomic mass is 9.79. The summed E-state index contributed by atoms with van der Waals surface area (Å²) in [5.74, 6) is -3.53. The minimum absolute atomic E-state index is 0.0104. The van der Waals surface area contributed by atoms with Gasteiger partial charge in [0.2, 0.25) is 0 Å². The fourth-order valence-electron chi connectivity index (χ4n) is 6.21. The SMILES string of the molecule is CC(=O)c1ccc(O)c(-c2ccc3c(c2O)O[C@]32C[C@@]3(C)Oc4c3ccc(-c3c(O)ccc(C(C)=O)c3O)c4O2)c1O. The third kappa shape index (κ3) is 3.14. The largest absolute Gasteiger partial charge is 0.507 e. The molecule has 0 saturated heterocycles. The average Bonchev–Trinajstić information content (AvgIpc) is 3.09. The highest BCUT2D eigenvalue weighted by Crippen LogP contribution is 2.66. The summed E-state index contributed by atoms with van der Waals surface area (Å²) in [6.45, 7) is 4.44. The molecule has 4 aromatic rings. The second kappa shape index (κ2) is 8.10. The molecule has 4 bridgehead atoms. The van der Waals surface area contributed by atoms with Gasteiger partial charge in [-0.05, 0) is 63.2 Å². The number of carbonyl (C=O) groups is 2. The van der Waals surface area contributed by atoms with Crippen LogP contribution in [0.2, 0.25) is 0 Å². The molecule has 4 aromatic carbocycles. The molecular formula is C32H24O10. The first kappa shape index (κ1) is 25.6. The van der Waals surface area contributed by atoms with Crippen molar-refractivity contribution in [3.05, 3.63) is 70.8 Å². The Balaban J connectivity index is 1.36. The minimum Gasteiger partial charge on any atom is -0.507 e. The number of phenols is 5. The van der Waals surface area contributed by atoms with Gasteiger partial charge < -0.3 is 39.7 Å². The van der Waals surface area contributed by atoms with E-state index in [0.29, 0.717) is 11.3 Å². The summed E-state index contributed by atoms with van der Waals surface area (Å²) in [7, 11) is 0. The van der Waals surface area contributed by atoms with E-state index in [1.807, 2.05) is 6.92 Å². The topological polar surface area (TPSA) is 163 Å². The zero-order valence-corrected chi connectivity index (χ0v) is 22.6. The smallest absolute Gasteiger partial charge is 0.286 e. The van der Waals surface area contributed by atoms with Crippen molar-refractivity contribution in [2.45, 2.75) is 38.6 Å². The van der Waals surface area contributed by atoms with E-state index in [1.54, 1.807) is 18.2 Å². The van der Waals surface area contributed by atoms with Gasteiger partial charge in [0.1, 0.15) is 28.6 Å². The average molecular weight is 569 g/mol. The molecule has 4 aliphatic heterocycles. The molecule has 0 amide bonds. The van der Waals surface area contributed by atoms with Gasteiger partial charge in [0.05, 0.1) is 34.2 Å². The molecule has 42 heavy (non-hydrogen) atoms. The number of hydrogen-bond donors (Lipinski definition) is 5. The molecule has 4 aliphatic rings. The molecule has 0 radical (unpaired) electrons. The summed E-state index contributed by atoms with van der Waals surface area (Å²) in [4.78, 5) is 24.1. The van der Waals surface area contributed by atoms with Gasteiger partial charge in [-0.3, -0.25) is 9.59 Å². The van der Waals surface area contributed by atoms with Crippen LogP contribution in [0.4, 0.5) is 0 Å². The predicted octanol–water partition coefficient (Wildman–Crippen LogP) is 5.59. The molecule has 5 N–H and O–H groups in total. The highest BCUT2D eigenvalue weighted by Gasteiger charge is 2.62. The van der Waals surface area contributed by atoms with Crippen LogP contribution in [-0.2, 0) is 11.4 Å². The highest BCUT2D eigenvalue weighted by atomic mass is 16.7. The molecular weight excluding hydrogens is 544 g/mol. The molecule has 2 atom stereocenters. The Morgan fingerprint density at radius 3 is 1.74 bits per heavy atom. The lowest BCUT2D eigenvalue weighted by Gasteiger charge is -2.46. The van der Waals surface area contributed by atoms with Crippen LogP contribution in [0.1, 0.15) is 59.0 Å². The molecule has 10 nitrogen and oxygen atoms in total. The van der Waals surface area contributed by atoms with Gasteiger partial charge in [-0.2, -0.15) is 0 Å². The van der Waals surface area contributed by atoms with Crippen molar-refractivity contribution >= 4 is 11.6 Å². The third-order valence-electron chi connectivity index (χ3n) is 8.26. The fraction of sp³-hybridized carbons (Fsp3) is 0.188. The normalized spacial score (nSPS) is 20.6. The Labute approximate surface area is 238 Å². The maximum atomic E-state index is 12.1. The summed E-state index contributed by atoms with van der Waals surface area (Å²) >= 11 is 0. The number of benzene rings is 4. The zero-order chi connectivity index (χ0) is 29.9. The molecule has 212 valence electrons. The lowest BCUT2D eigenvalue weighted by Crippen LogP contribution is -2.51. The number of carbonyl (C=O) groups excluding carboxylic acids is 2. The molecule has 4 heterocycles. The van der Waals surface area contributed by atoms with E-state index >= 15 is 0 Å². The third-order valence-corrected chi connectivity index (χ3v) is 8.26. The number of aromatic hydroxyl groups is 5. The van der Waals surface area contributed by atoms with Crippen molar-refractivity contribution in [3.63, 3.8) is 0 Å². The second-order valence-electron chi connectivity index (χ2n) is 10.9. The quantitative estimate of drug-likeness (QED) is 0.196. The first-order valence-corrected chi connectivity index (χ1v) is 13.1. The maximum Gasteiger partial charge on any atom is 0.286 e. The van der Waals surface area contributed by atoms with Crippen LogP contribution in [-0.4, -0.2) is 37.1 Å². The monoisotopic (exact) mass is 568 g/mol. The van der Waals surface area contributed by atoms with Gasteiger partial charge in [-0.25, -0.2) is 0 Å². The van der Waals surface area contributed by atoms with Crippen LogP contribution >= 0.6 is 0 Å². The summed E-state index contributed by atoms with van der Waals surface area (Å²) in [6.07, 6.45) is 0.174. The van der Waals surface area contributed by atoms with Gasteiger partial charge in [0.15, 0.2) is 34.6 Å². The van der Waals surface area contributed by atoms with Gasteiger partial charge in [0.25, 0.3) is 5.79 Å². The van der Waals surface area contributed by atoms with Crippen molar-refractivity contribution < 1.29 is 49.3 Å². The van der Waals surface area contributed by atoms with Gasteiger partial charge >= 0.3 is 0 Å². The van der Waals surface area contributed by atoms with Crippen molar-refractivity contribution in [2.75, 3.05) is 0 Å². The van der Waals surface area contributed by atoms with Gasteiger partial charge in [-0.1, -0.05) is 6.07 Å². The first-order valence-electron chi connectivity index (χ1n) is 13.1. The standard InChI is InChI=1S/C32H24O10/c1-13(33)15-6-10-21(35)23(25(15)37)17-4-9-20-29(27(17)39)42-32(20)12-31(3)19-8-5-18(28(41-32)30(19)40-31)24-22(36)11-7-16(14(2)34)26(24)38/h4-11,35-39H,12H2,1-3H3/t31-,32-/m1/s1. The van der Waals surface area contributed by atoms with Crippen LogP contribution in [0.25, 0.3) is 22.3 Å². The summed E-state index contributed by atoms with van der Waals surface area (Å²) in [5.41, 5.74) is 0.612. The summed E-state index contributed by atoms with van der Waals surface area (Å²) in [5, 5.41) is 54.1. The van der Waals surface area contributed by atoms with E-state index < -0.39 is 34.5 Å². The Morgan fingerprint density at radius 1 is 0.619 bits per heavy atom. The zero-order valence-electron chi connectivity index (χ0n) is 22.6. The van der Waals surface area contributed by atoms with Crippen LogP contribution in [0, 0.1) is 0 Å². The van der Waals surface area contributed by atoms with Crippen LogP contribution in [0.15, 0.2) is 48.5 Å². The molecule has 10 heteroatoms. The molecule has 0 unspecified atom stereocenters. The maximum absolute atomic E-state index is 12.1. The number of ether oxygens (including phenoxy) is 3. The first-order chi connectivity index (χ1) is 19.9. The minimum atomic E-state index is -1.45. The van der Waals surface area contributed by atoms with Gasteiger partial charge in [-0.15, -0.1) is 0 Å². The Hall–Kier alpha value is -5.38. The van der Waals surface area contributed by atoms with E-state index in [9.17, 15) is 35.1 Å². The van der Waals surface area contributed by atoms with Gasteiger partial charge in [0, 0.05) is 16.7 Å². The number of hydrogen-bond acceptors (Lipinski definition) is 10. The highest BCUT2D eigenvalue weighted by molar-refractivity contribution is 6.02. The predicted molar refractivity (Wildman–Crippen MR) is 148 cm³/mol. The van der Waals surface area contributed by atoms with E-state index in [-0.39, 0.29) is 68.5 Å². The Bertz CT molecular complexity index is 1930. The van der Waals surface area contributed by atoms with E-state index in [0.717, 1.165) is 5.56 Å². The number of ketones is 2. The van der Waals surface area contributed by atoms with E-state index in [1.165, 1.54) is 44.2 Å². The number of Topliss-reactive ketones (excluding diaryl/α,β-unsaturated/α-hetero) is 2. The van der Waals surface area contributed by atoms with E-state index in [2.05, 4.69) is 0 Å². The lowest BCUT2D eigenvalue weighted by molar-refractivity contribution is -0.185. The van der Waals surface area contributed by atoms with Crippen LogP contribution < -0.4 is 14.2 Å². The van der Waals surface area contributed by atoms with Crippen molar-refractivity contribution in [3.8, 4) is 68.2 Å². The fourth-order valence-corrected chi connectivity index (χ4v) is 6.21. The molecule has 0 aliphatic carbocycles. The number of fused-ring (bicyclic) bond motifs is 1. The van der Waals surface area contributed by atoms with Crippen LogP contribution in [0.3, 0.4) is 0 Å². The van der Waals surface area contributed by atoms with Crippen molar-refractivity contribution in [1.29, 1.82) is 0 Å². The van der Waals surface area contributed by atoms with Crippen molar-refractivity contribution in [1.82, 2.24) is 0 Å². The molecule has 0 fully saturated rings. The molecule has 8 rings (SSSR count). The van der Waals surface area contributed by atoms with Crippen molar-refractivity contribution in [2.24, 2.45) is 0 Å². The van der Waals surface area contributed by atoms with Crippen LogP contribution in [0.5, 0.6) is 46.0 Å². The second-order valence-corrected chi connectivity index (χ2v) is 10.9. The number of phenolic OH excluding ortho intramolecular Hbond substituents is 5. The Kier molecular flexibility index (Phi) is 4.93. The summed E-state index contributed by atoms with van der Waals surface area (Å²) < 4.78 is 18.8. The Morgan fingerprint density at radius 2 is 1.14 bits per heavy atom. The van der Waals surface area contributed by atoms with E-state index in [4.69, 9.17) is 14.2 Å².